The minimum absolute atomic E-state index is 0.290. The molecule has 0 bridgehead atoms. The van der Waals surface area contributed by atoms with E-state index in [0.717, 1.165) is 11.1 Å². The predicted molar refractivity (Wildman–Crippen MR) is 123 cm³/mol. The first-order valence-corrected chi connectivity index (χ1v) is 9.94. The van der Waals surface area contributed by atoms with Crippen LogP contribution in [0.1, 0.15) is 34.0 Å². The first kappa shape index (κ1) is 22.4. The Balaban J connectivity index is 1.68. The first-order chi connectivity index (χ1) is 15.3. The number of carbonyl (C=O) groups is 3. The van der Waals surface area contributed by atoms with Crippen LogP contribution in [-0.2, 0) is 9.59 Å². The molecule has 0 aliphatic carbocycles. The summed E-state index contributed by atoms with van der Waals surface area (Å²) in [6, 6.07) is 20.9. The van der Waals surface area contributed by atoms with E-state index in [1.165, 1.54) is 0 Å². The Kier molecular flexibility index (Phi) is 7.13. The molecule has 0 saturated heterocycles. The number of benzene rings is 3. The molecule has 3 rings (SSSR count). The molecule has 2 amide bonds. The standard InChI is InChI=1S/C25H23N3O4/c1-16-11-13-20(14-12-16)26-23(29)24(30)28-27-18(3)21-9-4-5-10-22(21)32-25(31)19-8-6-7-17(2)15-19/h4-15H,1-3H3,(H,26,29)(H,28,30)/b27-18+. The molecule has 7 nitrogen and oxygen atoms in total. The molecule has 0 saturated carbocycles. The van der Waals surface area contributed by atoms with Crippen LogP contribution in [0, 0.1) is 13.8 Å². The highest BCUT2D eigenvalue weighted by Crippen LogP contribution is 2.20. The van der Waals surface area contributed by atoms with E-state index in [1.54, 1.807) is 61.5 Å². The van der Waals surface area contributed by atoms with Gasteiger partial charge in [0.05, 0.1) is 11.3 Å². The van der Waals surface area contributed by atoms with Crippen LogP contribution < -0.4 is 15.5 Å². The molecule has 0 radical (unpaired) electrons. The maximum absolute atomic E-state index is 12.5. The maximum Gasteiger partial charge on any atom is 0.343 e. The number of nitrogens with zero attached hydrogens (tertiary/aromatic N) is 1. The van der Waals surface area contributed by atoms with Crippen molar-refractivity contribution in [2.24, 2.45) is 5.10 Å². The van der Waals surface area contributed by atoms with E-state index < -0.39 is 17.8 Å². The van der Waals surface area contributed by atoms with Gasteiger partial charge in [0, 0.05) is 11.3 Å². The fraction of sp³-hybridized carbons (Fsp3) is 0.120. The molecule has 0 heterocycles. The van der Waals surface area contributed by atoms with Gasteiger partial charge in [0.1, 0.15) is 5.75 Å². The van der Waals surface area contributed by atoms with E-state index in [2.05, 4.69) is 15.8 Å². The Bertz CT molecular complexity index is 1180. The maximum atomic E-state index is 12.5. The SMILES string of the molecule is C/C(=N\NC(=O)C(=O)Nc1ccc(C)cc1)c1ccccc1OC(=O)c1cccc(C)c1. The van der Waals surface area contributed by atoms with Gasteiger partial charge in [-0.2, -0.15) is 5.10 Å². The van der Waals surface area contributed by atoms with Crippen molar-refractivity contribution < 1.29 is 19.1 Å². The second-order valence-electron chi connectivity index (χ2n) is 7.21. The van der Waals surface area contributed by atoms with Crippen LogP contribution in [0.2, 0.25) is 0 Å². The number of hydrogen-bond acceptors (Lipinski definition) is 5. The summed E-state index contributed by atoms with van der Waals surface area (Å²) in [6.45, 7) is 5.45. The van der Waals surface area contributed by atoms with Crippen molar-refractivity contribution in [2.75, 3.05) is 5.32 Å². The Morgan fingerprint density at radius 1 is 0.812 bits per heavy atom. The Morgan fingerprint density at radius 3 is 2.25 bits per heavy atom. The molecule has 0 aliphatic heterocycles. The number of esters is 1. The number of aryl methyl sites for hydroxylation is 2. The van der Waals surface area contributed by atoms with E-state index in [0.29, 0.717) is 28.3 Å². The number of nitrogens with one attached hydrogen (secondary N) is 2. The summed E-state index contributed by atoms with van der Waals surface area (Å²) in [6.07, 6.45) is 0. The summed E-state index contributed by atoms with van der Waals surface area (Å²) in [5, 5.41) is 6.49. The number of anilines is 1. The molecule has 2 N–H and O–H groups in total. The van der Waals surface area contributed by atoms with Gasteiger partial charge < -0.3 is 10.1 Å². The number of rotatable bonds is 5. The molecule has 0 atom stereocenters. The summed E-state index contributed by atoms with van der Waals surface area (Å²) >= 11 is 0. The summed E-state index contributed by atoms with van der Waals surface area (Å²) < 4.78 is 5.54. The molecule has 0 aromatic heterocycles. The van der Waals surface area contributed by atoms with Gasteiger partial charge in [0.2, 0.25) is 0 Å². The molecule has 3 aromatic carbocycles. The van der Waals surface area contributed by atoms with Crippen LogP contribution in [0.4, 0.5) is 5.69 Å². The average molecular weight is 429 g/mol. The molecule has 0 fully saturated rings. The monoisotopic (exact) mass is 429 g/mol. The molecule has 32 heavy (non-hydrogen) atoms. The summed E-state index contributed by atoms with van der Waals surface area (Å²) in [5.74, 6) is -1.97. The molecule has 162 valence electrons. The highest BCUT2D eigenvalue weighted by atomic mass is 16.5. The van der Waals surface area contributed by atoms with Crippen molar-refractivity contribution in [3.8, 4) is 5.75 Å². The number of ether oxygens (including phenoxy) is 1. The molecular formula is C25H23N3O4. The Hall–Kier alpha value is -4.26. The third-order valence-corrected chi connectivity index (χ3v) is 4.57. The number of carbonyl (C=O) groups excluding carboxylic acids is 3. The fourth-order valence-corrected chi connectivity index (χ4v) is 2.86. The zero-order chi connectivity index (χ0) is 23.1. The van der Waals surface area contributed by atoms with Crippen molar-refractivity contribution >= 4 is 29.2 Å². The zero-order valence-corrected chi connectivity index (χ0v) is 18.0. The third kappa shape index (κ3) is 5.89. The van der Waals surface area contributed by atoms with Crippen molar-refractivity contribution in [2.45, 2.75) is 20.8 Å². The van der Waals surface area contributed by atoms with Gasteiger partial charge in [-0.05, 0) is 57.2 Å². The van der Waals surface area contributed by atoms with Gasteiger partial charge in [-0.25, -0.2) is 10.2 Å². The third-order valence-electron chi connectivity index (χ3n) is 4.57. The lowest BCUT2D eigenvalue weighted by molar-refractivity contribution is -0.136. The summed E-state index contributed by atoms with van der Waals surface area (Å²) in [5.41, 5.74) is 6.01. The van der Waals surface area contributed by atoms with Gasteiger partial charge in [0.15, 0.2) is 0 Å². The molecule has 7 heteroatoms. The minimum Gasteiger partial charge on any atom is -0.422 e. The van der Waals surface area contributed by atoms with Gasteiger partial charge in [-0.1, -0.05) is 47.5 Å². The normalized spacial score (nSPS) is 10.9. The fourth-order valence-electron chi connectivity index (χ4n) is 2.86. The van der Waals surface area contributed by atoms with E-state index in [-0.39, 0.29) is 0 Å². The van der Waals surface area contributed by atoms with Gasteiger partial charge in [-0.3, -0.25) is 9.59 Å². The molecular weight excluding hydrogens is 406 g/mol. The topological polar surface area (TPSA) is 96.9 Å². The number of hydrogen-bond donors (Lipinski definition) is 2. The van der Waals surface area contributed by atoms with Gasteiger partial charge in [0.25, 0.3) is 0 Å². The van der Waals surface area contributed by atoms with E-state index in [1.807, 2.05) is 32.0 Å². The highest BCUT2D eigenvalue weighted by molar-refractivity contribution is 6.39. The van der Waals surface area contributed by atoms with Crippen LogP contribution in [0.25, 0.3) is 0 Å². The number of hydrazone groups is 1. The van der Waals surface area contributed by atoms with Crippen LogP contribution in [0.3, 0.4) is 0 Å². The lowest BCUT2D eigenvalue weighted by atomic mass is 10.1. The van der Waals surface area contributed by atoms with Crippen molar-refractivity contribution in [1.82, 2.24) is 5.43 Å². The summed E-state index contributed by atoms with van der Waals surface area (Å²) in [4.78, 5) is 36.7. The minimum atomic E-state index is -0.917. The Morgan fingerprint density at radius 2 is 1.53 bits per heavy atom. The Labute approximate surface area is 186 Å². The number of para-hydroxylation sites is 1. The molecule has 3 aromatic rings. The van der Waals surface area contributed by atoms with Gasteiger partial charge >= 0.3 is 17.8 Å². The highest BCUT2D eigenvalue weighted by Gasteiger charge is 2.16. The van der Waals surface area contributed by atoms with Crippen LogP contribution in [-0.4, -0.2) is 23.5 Å². The van der Waals surface area contributed by atoms with Crippen LogP contribution >= 0.6 is 0 Å². The second-order valence-corrected chi connectivity index (χ2v) is 7.21. The smallest absolute Gasteiger partial charge is 0.343 e. The quantitative estimate of drug-likeness (QED) is 0.211. The van der Waals surface area contributed by atoms with Crippen molar-refractivity contribution in [1.29, 1.82) is 0 Å². The first-order valence-electron chi connectivity index (χ1n) is 9.94. The average Bonchev–Trinajstić information content (AvgIpc) is 2.79. The summed E-state index contributed by atoms with van der Waals surface area (Å²) in [7, 11) is 0. The molecule has 0 spiro atoms. The molecule has 0 aliphatic rings. The van der Waals surface area contributed by atoms with Crippen molar-refractivity contribution in [3.63, 3.8) is 0 Å². The lowest BCUT2D eigenvalue weighted by Gasteiger charge is -2.10. The zero-order valence-electron chi connectivity index (χ0n) is 18.0. The van der Waals surface area contributed by atoms with E-state index in [4.69, 9.17) is 4.74 Å². The second kappa shape index (κ2) is 10.2. The largest absolute Gasteiger partial charge is 0.422 e. The van der Waals surface area contributed by atoms with Gasteiger partial charge in [-0.15, -0.1) is 0 Å². The van der Waals surface area contributed by atoms with E-state index in [9.17, 15) is 14.4 Å². The molecule has 0 unspecified atom stereocenters. The van der Waals surface area contributed by atoms with Crippen molar-refractivity contribution in [3.05, 3.63) is 95.1 Å². The number of amides is 2. The van der Waals surface area contributed by atoms with Crippen LogP contribution in [0.15, 0.2) is 77.9 Å². The van der Waals surface area contributed by atoms with Crippen LogP contribution in [0.5, 0.6) is 5.75 Å². The lowest BCUT2D eigenvalue weighted by Crippen LogP contribution is -2.33. The van der Waals surface area contributed by atoms with E-state index >= 15 is 0 Å². The predicted octanol–water partition coefficient (Wildman–Crippen LogP) is 4.00.